The van der Waals surface area contributed by atoms with E-state index < -0.39 is 0 Å². The Morgan fingerprint density at radius 2 is 2.05 bits per heavy atom. The van der Waals surface area contributed by atoms with Crippen LogP contribution >= 0.6 is 0 Å². The number of aromatic nitrogens is 1. The third-order valence-electron chi connectivity index (χ3n) is 2.85. The molecule has 100 valence electrons. The minimum Gasteiger partial charge on any atom is -0.345 e. The van der Waals surface area contributed by atoms with Crippen LogP contribution in [0.4, 0.5) is 4.39 Å². The molecule has 1 aromatic heterocycles. The summed E-state index contributed by atoms with van der Waals surface area (Å²) in [6.07, 6.45) is 2.79. The Morgan fingerprint density at radius 3 is 2.70 bits per heavy atom. The van der Waals surface area contributed by atoms with Crippen LogP contribution in [0, 0.1) is 17.1 Å². The van der Waals surface area contributed by atoms with Gasteiger partial charge in [-0.2, -0.15) is 5.26 Å². The lowest BCUT2D eigenvalue weighted by Crippen LogP contribution is -2.26. The van der Waals surface area contributed by atoms with Crippen LogP contribution in [-0.4, -0.2) is 10.9 Å². The fraction of sp³-hybridized carbons (Fsp3) is 0.133. The van der Waals surface area contributed by atoms with Gasteiger partial charge >= 0.3 is 0 Å². The number of rotatable bonds is 3. The molecule has 5 heteroatoms. The summed E-state index contributed by atoms with van der Waals surface area (Å²) in [6.45, 7) is 1.80. The molecule has 0 fully saturated rings. The zero-order valence-corrected chi connectivity index (χ0v) is 10.8. The van der Waals surface area contributed by atoms with Crippen molar-refractivity contribution >= 4 is 5.91 Å². The fourth-order valence-electron chi connectivity index (χ4n) is 1.74. The van der Waals surface area contributed by atoms with Crippen LogP contribution in [0.25, 0.3) is 0 Å². The van der Waals surface area contributed by atoms with E-state index >= 15 is 0 Å². The molecule has 1 heterocycles. The summed E-state index contributed by atoms with van der Waals surface area (Å²) in [5, 5.41) is 11.5. The van der Waals surface area contributed by atoms with Crippen LogP contribution in [-0.2, 0) is 0 Å². The maximum atomic E-state index is 12.8. The summed E-state index contributed by atoms with van der Waals surface area (Å²) in [5.41, 5.74) is 1.44. The SMILES string of the molecule is CC(NC(=O)c1cncc(C#N)c1)c1ccc(F)cc1. The second-order valence-electron chi connectivity index (χ2n) is 4.32. The van der Waals surface area contributed by atoms with E-state index in [4.69, 9.17) is 5.26 Å². The van der Waals surface area contributed by atoms with Crippen LogP contribution in [0.1, 0.15) is 34.5 Å². The van der Waals surface area contributed by atoms with Crippen molar-refractivity contribution in [3.8, 4) is 6.07 Å². The molecular formula is C15H12FN3O. The molecule has 0 saturated carbocycles. The molecule has 0 spiro atoms. The zero-order valence-electron chi connectivity index (χ0n) is 10.8. The van der Waals surface area contributed by atoms with E-state index in [1.807, 2.05) is 6.07 Å². The van der Waals surface area contributed by atoms with Gasteiger partial charge in [-0.1, -0.05) is 12.1 Å². The number of amides is 1. The molecule has 0 aliphatic rings. The molecule has 4 nitrogen and oxygen atoms in total. The van der Waals surface area contributed by atoms with Gasteiger partial charge in [0.15, 0.2) is 0 Å². The van der Waals surface area contributed by atoms with Crippen molar-refractivity contribution in [1.82, 2.24) is 10.3 Å². The van der Waals surface area contributed by atoms with Crippen molar-refractivity contribution in [2.24, 2.45) is 0 Å². The molecule has 1 aromatic carbocycles. The lowest BCUT2D eigenvalue weighted by Gasteiger charge is -2.14. The first kappa shape index (κ1) is 13.7. The van der Waals surface area contributed by atoms with Gasteiger partial charge in [0.1, 0.15) is 11.9 Å². The summed E-state index contributed by atoms with van der Waals surface area (Å²) in [5.74, 6) is -0.648. The first-order chi connectivity index (χ1) is 9.60. The average molecular weight is 269 g/mol. The van der Waals surface area contributed by atoms with Gasteiger partial charge in [-0.25, -0.2) is 4.39 Å². The van der Waals surface area contributed by atoms with E-state index in [1.165, 1.54) is 30.6 Å². The van der Waals surface area contributed by atoms with E-state index in [-0.39, 0.29) is 17.8 Å². The van der Waals surface area contributed by atoms with Gasteiger partial charge in [-0.15, -0.1) is 0 Å². The van der Waals surface area contributed by atoms with Gasteiger partial charge in [-0.05, 0) is 30.7 Å². The van der Waals surface area contributed by atoms with E-state index in [0.29, 0.717) is 11.1 Å². The van der Waals surface area contributed by atoms with E-state index in [1.54, 1.807) is 19.1 Å². The molecule has 0 radical (unpaired) electrons. The number of benzene rings is 1. The summed E-state index contributed by atoms with van der Waals surface area (Å²) < 4.78 is 12.8. The van der Waals surface area contributed by atoms with Crippen molar-refractivity contribution in [3.63, 3.8) is 0 Å². The highest BCUT2D eigenvalue weighted by molar-refractivity contribution is 5.94. The Kier molecular flexibility index (Phi) is 4.06. The lowest BCUT2D eigenvalue weighted by atomic mass is 10.1. The second-order valence-corrected chi connectivity index (χ2v) is 4.32. The van der Waals surface area contributed by atoms with Crippen LogP contribution in [0.5, 0.6) is 0 Å². The summed E-state index contributed by atoms with van der Waals surface area (Å²) in [7, 11) is 0. The number of carbonyl (C=O) groups excluding carboxylic acids is 1. The number of nitrogens with zero attached hydrogens (tertiary/aromatic N) is 2. The molecular weight excluding hydrogens is 257 g/mol. The molecule has 0 aliphatic heterocycles. The monoisotopic (exact) mass is 269 g/mol. The normalized spacial score (nSPS) is 11.4. The van der Waals surface area contributed by atoms with Crippen LogP contribution in [0.2, 0.25) is 0 Å². The third-order valence-corrected chi connectivity index (χ3v) is 2.85. The molecule has 2 rings (SSSR count). The van der Waals surface area contributed by atoms with Crippen molar-refractivity contribution in [3.05, 3.63) is 65.2 Å². The Hall–Kier alpha value is -2.74. The molecule has 1 amide bonds. The van der Waals surface area contributed by atoms with E-state index in [2.05, 4.69) is 10.3 Å². The summed E-state index contributed by atoms with van der Waals surface area (Å²) in [4.78, 5) is 15.9. The highest BCUT2D eigenvalue weighted by Crippen LogP contribution is 2.13. The van der Waals surface area contributed by atoms with Crippen molar-refractivity contribution in [2.75, 3.05) is 0 Å². The topological polar surface area (TPSA) is 65.8 Å². The number of carbonyl (C=O) groups is 1. The summed E-state index contributed by atoms with van der Waals surface area (Å²) in [6, 6.07) is 9.05. The Balaban J connectivity index is 2.11. The number of hydrogen-bond acceptors (Lipinski definition) is 3. The smallest absolute Gasteiger partial charge is 0.253 e. The van der Waals surface area contributed by atoms with Crippen LogP contribution in [0.3, 0.4) is 0 Å². The minimum absolute atomic E-state index is 0.270. The predicted octanol–water partition coefficient (Wildman–Crippen LogP) is 2.58. The summed E-state index contributed by atoms with van der Waals surface area (Å²) >= 11 is 0. The van der Waals surface area contributed by atoms with Gasteiger partial charge in [0, 0.05) is 12.4 Å². The highest BCUT2D eigenvalue weighted by Gasteiger charge is 2.12. The van der Waals surface area contributed by atoms with Gasteiger partial charge in [0.05, 0.1) is 17.2 Å². The zero-order chi connectivity index (χ0) is 14.5. The maximum Gasteiger partial charge on any atom is 0.253 e. The number of hydrogen-bond donors (Lipinski definition) is 1. The largest absolute Gasteiger partial charge is 0.345 e. The minimum atomic E-state index is -0.327. The van der Waals surface area contributed by atoms with E-state index in [9.17, 15) is 9.18 Å². The second kappa shape index (κ2) is 5.93. The first-order valence-electron chi connectivity index (χ1n) is 6.01. The Bertz CT molecular complexity index is 662. The highest BCUT2D eigenvalue weighted by atomic mass is 19.1. The number of pyridine rings is 1. The third kappa shape index (κ3) is 3.18. The number of nitrogens with one attached hydrogen (secondary N) is 1. The quantitative estimate of drug-likeness (QED) is 0.931. The van der Waals surface area contributed by atoms with Crippen molar-refractivity contribution < 1.29 is 9.18 Å². The molecule has 0 bridgehead atoms. The lowest BCUT2D eigenvalue weighted by molar-refractivity contribution is 0.0939. The molecule has 1 unspecified atom stereocenters. The fourth-order valence-corrected chi connectivity index (χ4v) is 1.74. The standard InChI is InChI=1S/C15H12FN3O/c1-10(12-2-4-14(16)5-3-12)19-15(20)13-6-11(7-17)8-18-9-13/h2-6,8-10H,1H3,(H,19,20). The maximum absolute atomic E-state index is 12.8. The Morgan fingerprint density at radius 1 is 1.35 bits per heavy atom. The van der Waals surface area contributed by atoms with Gasteiger partial charge < -0.3 is 5.32 Å². The molecule has 1 N–H and O–H groups in total. The molecule has 0 saturated heterocycles. The first-order valence-corrected chi connectivity index (χ1v) is 6.01. The van der Waals surface area contributed by atoms with Gasteiger partial charge in [0.2, 0.25) is 0 Å². The molecule has 20 heavy (non-hydrogen) atoms. The van der Waals surface area contributed by atoms with Crippen molar-refractivity contribution in [1.29, 1.82) is 5.26 Å². The van der Waals surface area contributed by atoms with Gasteiger partial charge in [-0.3, -0.25) is 9.78 Å². The number of nitriles is 1. The Labute approximate surface area is 115 Å². The van der Waals surface area contributed by atoms with E-state index in [0.717, 1.165) is 5.56 Å². The predicted molar refractivity (Wildman–Crippen MR) is 71.2 cm³/mol. The van der Waals surface area contributed by atoms with Crippen molar-refractivity contribution in [2.45, 2.75) is 13.0 Å². The molecule has 1 atom stereocenters. The van der Waals surface area contributed by atoms with Crippen LogP contribution in [0.15, 0.2) is 42.7 Å². The van der Waals surface area contributed by atoms with Crippen LogP contribution < -0.4 is 5.32 Å². The molecule has 2 aromatic rings. The van der Waals surface area contributed by atoms with Gasteiger partial charge in [0.25, 0.3) is 5.91 Å². The average Bonchev–Trinajstić information content (AvgIpc) is 2.47. The molecule has 0 aliphatic carbocycles. The number of halogens is 1.